The van der Waals surface area contributed by atoms with Gasteiger partial charge in [-0.1, -0.05) is 12.1 Å². The summed E-state index contributed by atoms with van der Waals surface area (Å²) in [6.45, 7) is 0. The summed E-state index contributed by atoms with van der Waals surface area (Å²) >= 11 is 0. The second-order valence-electron chi connectivity index (χ2n) is 5.72. The molecule has 29 heavy (non-hydrogen) atoms. The van der Waals surface area contributed by atoms with Gasteiger partial charge in [0.2, 0.25) is 0 Å². The van der Waals surface area contributed by atoms with Crippen LogP contribution in [0.15, 0.2) is 47.6 Å². The zero-order chi connectivity index (χ0) is 21.4. The van der Waals surface area contributed by atoms with Crippen molar-refractivity contribution >= 4 is 29.2 Å². The van der Waals surface area contributed by atoms with Gasteiger partial charge >= 0.3 is 11.7 Å². The van der Waals surface area contributed by atoms with E-state index < -0.39 is 33.1 Å². The van der Waals surface area contributed by atoms with Crippen molar-refractivity contribution in [2.75, 3.05) is 19.6 Å². The number of carbonyl (C=O) groups is 1. The Labute approximate surface area is 165 Å². The Balaban J connectivity index is 2.14. The van der Waals surface area contributed by atoms with Crippen molar-refractivity contribution in [1.82, 2.24) is 0 Å². The molecule has 0 aromatic heterocycles. The quantitative estimate of drug-likeness (QED) is 0.291. The minimum atomic E-state index is -0.751. The number of carbonyl (C=O) groups excluding carboxylic acids is 1. The van der Waals surface area contributed by atoms with Gasteiger partial charge in [-0.2, -0.15) is 5.10 Å². The molecule has 0 aliphatic rings. The number of anilines is 1. The number of hydrogen-bond acceptors (Lipinski definition) is 9. The lowest BCUT2D eigenvalue weighted by Gasteiger charge is -2.13. The Hall–Kier alpha value is -4.02. The van der Waals surface area contributed by atoms with Crippen molar-refractivity contribution in [2.45, 2.75) is 12.3 Å². The fraction of sp³-hybridized carbons (Fsp3) is 0.222. The number of methoxy groups -OCH3 is 2. The molecule has 0 saturated heterocycles. The number of nitrogens with zero attached hydrogens (tertiary/aromatic N) is 3. The molecule has 0 spiro atoms. The van der Waals surface area contributed by atoms with Crippen LogP contribution in [0.3, 0.4) is 0 Å². The van der Waals surface area contributed by atoms with Gasteiger partial charge in [-0.25, -0.2) is 0 Å². The number of ether oxygens (including phenoxy) is 2. The standard InChI is InChI=1S/C18H18N4O7/c1-28-14-6-3-12(4-7-14)15(18(23)29-2)9-10-19-20-16-8-5-13(21(24)25)11-17(16)22(26)27/h3-8,10-11,15,20H,9H2,1-2H3. The molecule has 0 bridgehead atoms. The van der Waals surface area contributed by atoms with Crippen LogP contribution in [-0.2, 0) is 9.53 Å². The number of nitrogens with one attached hydrogen (secondary N) is 1. The highest BCUT2D eigenvalue weighted by Gasteiger charge is 2.21. The molecule has 0 radical (unpaired) electrons. The minimum Gasteiger partial charge on any atom is -0.497 e. The van der Waals surface area contributed by atoms with E-state index >= 15 is 0 Å². The smallest absolute Gasteiger partial charge is 0.313 e. The second-order valence-corrected chi connectivity index (χ2v) is 5.72. The van der Waals surface area contributed by atoms with Gasteiger partial charge in [0.15, 0.2) is 0 Å². The zero-order valence-corrected chi connectivity index (χ0v) is 15.6. The van der Waals surface area contributed by atoms with Crippen molar-refractivity contribution in [2.24, 2.45) is 5.10 Å². The minimum absolute atomic E-state index is 0.0177. The molecule has 2 aromatic carbocycles. The van der Waals surface area contributed by atoms with Gasteiger partial charge in [0.1, 0.15) is 11.4 Å². The average Bonchev–Trinajstić information content (AvgIpc) is 2.73. The van der Waals surface area contributed by atoms with Crippen LogP contribution in [0.1, 0.15) is 17.9 Å². The van der Waals surface area contributed by atoms with Crippen molar-refractivity contribution in [3.63, 3.8) is 0 Å². The Morgan fingerprint density at radius 2 is 1.83 bits per heavy atom. The van der Waals surface area contributed by atoms with E-state index in [1.54, 1.807) is 24.3 Å². The van der Waals surface area contributed by atoms with E-state index in [4.69, 9.17) is 9.47 Å². The summed E-state index contributed by atoms with van der Waals surface area (Å²) in [6.07, 6.45) is 1.53. The summed E-state index contributed by atoms with van der Waals surface area (Å²) in [5.41, 5.74) is 2.25. The van der Waals surface area contributed by atoms with Crippen molar-refractivity contribution in [3.8, 4) is 5.75 Å². The second kappa shape index (κ2) is 9.78. The number of nitro groups is 2. The number of benzene rings is 2. The van der Waals surface area contributed by atoms with E-state index in [9.17, 15) is 25.0 Å². The molecular formula is C18H18N4O7. The molecular weight excluding hydrogens is 384 g/mol. The van der Waals surface area contributed by atoms with E-state index in [2.05, 4.69) is 10.5 Å². The third-order valence-corrected chi connectivity index (χ3v) is 4.01. The van der Waals surface area contributed by atoms with Crippen molar-refractivity contribution in [3.05, 3.63) is 68.3 Å². The molecule has 0 amide bonds. The summed E-state index contributed by atoms with van der Waals surface area (Å²) in [5, 5.41) is 25.8. The summed E-state index contributed by atoms with van der Waals surface area (Å²) < 4.78 is 9.91. The molecule has 0 aliphatic carbocycles. The van der Waals surface area contributed by atoms with Crippen LogP contribution < -0.4 is 10.2 Å². The molecule has 11 nitrogen and oxygen atoms in total. The number of rotatable bonds is 9. The molecule has 1 N–H and O–H groups in total. The van der Waals surface area contributed by atoms with Crippen molar-refractivity contribution < 1.29 is 24.1 Å². The maximum absolute atomic E-state index is 12.1. The van der Waals surface area contributed by atoms with Crippen LogP contribution in [0.2, 0.25) is 0 Å². The largest absolute Gasteiger partial charge is 0.497 e. The lowest BCUT2D eigenvalue weighted by Crippen LogP contribution is -2.15. The van der Waals surface area contributed by atoms with Crippen LogP contribution >= 0.6 is 0 Å². The fourth-order valence-electron chi connectivity index (χ4n) is 2.50. The topological polar surface area (TPSA) is 146 Å². The normalized spacial score (nSPS) is 11.7. The Kier molecular flexibility index (Phi) is 7.18. The summed E-state index contributed by atoms with van der Waals surface area (Å²) in [4.78, 5) is 32.5. The van der Waals surface area contributed by atoms with Gasteiger partial charge in [0.05, 0.1) is 36.1 Å². The summed E-state index contributed by atoms with van der Waals surface area (Å²) in [7, 11) is 2.80. The summed E-state index contributed by atoms with van der Waals surface area (Å²) in [6, 6.07) is 10.0. The van der Waals surface area contributed by atoms with Gasteiger partial charge in [0, 0.05) is 18.7 Å². The van der Waals surface area contributed by atoms with Gasteiger partial charge in [-0.3, -0.25) is 30.4 Å². The third kappa shape index (κ3) is 5.48. The lowest BCUT2D eigenvalue weighted by atomic mass is 9.96. The monoisotopic (exact) mass is 402 g/mol. The number of non-ortho nitro benzene ring substituents is 1. The first-order valence-electron chi connectivity index (χ1n) is 8.29. The van der Waals surface area contributed by atoms with E-state index in [1.165, 1.54) is 26.5 Å². The van der Waals surface area contributed by atoms with Crippen LogP contribution in [-0.4, -0.2) is 36.3 Å². The molecule has 0 aliphatic heterocycles. The number of hydrogen-bond donors (Lipinski definition) is 1. The highest BCUT2D eigenvalue weighted by atomic mass is 16.6. The number of esters is 1. The molecule has 0 fully saturated rings. The Morgan fingerprint density at radius 1 is 1.14 bits per heavy atom. The molecule has 1 unspecified atom stereocenters. The zero-order valence-electron chi connectivity index (χ0n) is 15.6. The lowest BCUT2D eigenvalue weighted by molar-refractivity contribution is -0.393. The predicted octanol–water partition coefficient (Wildman–Crippen LogP) is 3.26. The van der Waals surface area contributed by atoms with Crippen LogP contribution in [0.4, 0.5) is 17.1 Å². The van der Waals surface area contributed by atoms with Crippen LogP contribution in [0, 0.1) is 20.2 Å². The predicted molar refractivity (Wildman–Crippen MR) is 104 cm³/mol. The fourth-order valence-corrected chi connectivity index (χ4v) is 2.50. The maximum Gasteiger partial charge on any atom is 0.313 e. The maximum atomic E-state index is 12.1. The summed E-state index contributed by atoms with van der Waals surface area (Å²) in [5.74, 6) is -0.468. The molecule has 2 aromatic rings. The molecule has 0 saturated carbocycles. The number of nitro benzene ring substituents is 2. The Bertz CT molecular complexity index is 928. The first-order valence-corrected chi connectivity index (χ1v) is 8.29. The van der Waals surface area contributed by atoms with Crippen molar-refractivity contribution in [1.29, 1.82) is 0 Å². The number of hydrazone groups is 1. The highest BCUT2D eigenvalue weighted by molar-refractivity contribution is 5.82. The van der Waals surface area contributed by atoms with Gasteiger partial charge < -0.3 is 9.47 Å². The first-order chi connectivity index (χ1) is 13.9. The van der Waals surface area contributed by atoms with Crippen LogP contribution in [0.25, 0.3) is 0 Å². The third-order valence-electron chi connectivity index (χ3n) is 4.01. The Morgan fingerprint density at radius 3 is 2.38 bits per heavy atom. The first kappa shape index (κ1) is 21.3. The molecule has 0 heterocycles. The molecule has 1 atom stereocenters. The van der Waals surface area contributed by atoms with E-state index in [-0.39, 0.29) is 12.1 Å². The highest BCUT2D eigenvalue weighted by Crippen LogP contribution is 2.29. The SMILES string of the molecule is COC(=O)C(CC=NNc1ccc([N+](=O)[O-])cc1[N+](=O)[O-])c1ccc(OC)cc1. The van der Waals surface area contributed by atoms with Crippen LogP contribution in [0.5, 0.6) is 5.75 Å². The van der Waals surface area contributed by atoms with Gasteiger partial charge in [0.25, 0.3) is 5.69 Å². The molecule has 11 heteroatoms. The van der Waals surface area contributed by atoms with Gasteiger partial charge in [-0.05, 0) is 23.8 Å². The van der Waals surface area contributed by atoms with Gasteiger partial charge in [-0.15, -0.1) is 0 Å². The molecule has 2 rings (SSSR count). The van der Waals surface area contributed by atoms with E-state index in [1.807, 2.05) is 0 Å². The van der Waals surface area contributed by atoms with E-state index in [0.29, 0.717) is 11.3 Å². The van der Waals surface area contributed by atoms with E-state index in [0.717, 1.165) is 12.1 Å². The molecule has 152 valence electrons. The average molecular weight is 402 g/mol.